The molecule has 0 radical (unpaired) electrons. The van der Waals surface area contributed by atoms with Crippen LogP contribution in [0.3, 0.4) is 0 Å². The van der Waals surface area contributed by atoms with E-state index in [9.17, 15) is 9.59 Å². The molecule has 0 unspecified atom stereocenters. The molecule has 0 saturated carbocycles. The minimum absolute atomic E-state index is 0.00907. The highest BCUT2D eigenvalue weighted by Crippen LogP contribution is 2.52. The molecule has 0 N–H and O–H groups in total. The Hall–Kier alpha value is -1.40. The van der Waals surface area contributed by atoms with Crippen molar-refractivity contribution in [2.45, 2.75) is 50.4 Å². The molecule has 6 heteroatoms. The topological polar surface area (TPSA) is 65.1 Å². The maximum Gasteiger partial charge on any atom is 0.312 e. The molecule has 4 aliphatic heterocycles. The van der Waals surface area contributed by atoms with E-state index in [1.165, 1.54) is 0 Å². The third-order valence-electron chi connectivity index (χ3n) is 5.64. The third kappa shape index (κ3) is 2.47. The van der Waals surface area contributed by atoms with Crippen molar-refractivity contribution >= 4 is 11.9 Å². The van der Waals surface area contributed by atoms with Crippen LogP contribution >= 0.6 is 0 Å². The number of hydrogen-bond donors (Lipinski definition) is 0. The van der Waals surface area contributed by atoms with Gasteiger partial charge in [0.05, 0.1) is 31.3 Å². The zero-order chi connectivity index (χ0) is 16.7. The van der Waals surface area contributed by atoms with Crippen LogP contribution in [0.5, 0.6) is 0 Å². The van der Waals surface area contributed by atoms with E-state index >= 15 is 0 Å². The minimum atomic E-state index is -0.644. The van der Waals surface area contributed by atoms with Crippen LogP contribution in [0.2, 0.25) is 0 Å². The summed E-state index contributed by atoms with van der Waals surface area (Å²) in [4.78, 5) is 27.3. The van der Waals surface area contributed by atoms with Crippen molar-refractivity contribution in [3.8, 4) is 0 Å². The number of carbonyl (C=O) groups excluding carboxylic acids is 2. The molecule has 4 aliphatic rings. The molecule has 1 amide bonds. The Kier molecular flexibility index (Phi) is 4.12. The molecule has 6 nitrogen and oxygen atoms in total. The summed E-state index contributed by atoms with van der Waals surface area (Å²) >= 11 is 0. The van der Waals surface area contributed by atoms with Gasteiger partial charge < -0.3 is 19.1 Å². The molecule has 0 aromatic heterocycles. The summed E-state index contributed by atoms with van der Waals surface area (Å²) in [7, 11) is 0. The summed E-state index contributed by atoms with van der Waals surface area (Å²) in [6, 6.07) is 0. The third-order valence-corrected chi connectivity index (χ3v) is 5.64. The minimum Gasteiger partial charge on any atom is -0.465 e. The predicted octanol–water partition coefficient (Wildman–Crippen LogP) is 1.29. The summed E-state index contributed by atoms with van der Waals surface area (Å²) < 4.78 is 17.1. The molecular weight excluding hydrogens is 310 g/mol. The number of nitrogens with zero attached hydrogens (tertiary/aromatic N) is 1. The molecule has 4 heterocycles. The van der Waals surface area contributed by atoms with E-state index < -0.39 is 17.4 Å². The average molecular weight is 335 g/mol. The van der Waals surface area contributed by atoms with Crippen LogP contribution in [0.25, 0.3) is 0 Å². The van der Waals surface area contributed by atoms with Gasteiger partial charge >= 0.3 is 5.97 Å². The lowest BCUT2D eigenvalue weighted by Gasteiger charge is -2.23. The molecular formula is C18H25NO5. The fraction of sp³-hybridized carbons (Fsp3) is 0.778. The van der Waals surface area contributed by atoms with Crippen molar-refractivity contribution in [1.29, 1.82) is 0 Å². The number of esters is 1. The van der Waals surface area contributed by atoms with Crippen LogP contribution in [0.1, 0.15) is 32.6 Å². The van der Waals surface area contributed by atoms with E-state index in [1.54, 1.807) is 0 Å². The number of fused-ring (bicyclic) bond motifs is 1. The number of rotatable bonds is 6. The fourth-order valence-corrected chi connectivity index (χ4v) is 4.45. The van der Waals surface area contributed by atoms with Gasteiger partial charge in [0.2, 0.25) is 5.91 Å². The Labute approximate surface area is 142 Å². The molecule has 132 valence electrons. The van der Waals surface area contributed by atoms with Crippen molar-refractivity contribution in [1.82, 2.24) is 4.90 Å². The Bertz CT molecular complexity index is 556. The Balaban J connectivity index is 1.48. The normalized spacial score (nSPS) is 39.7. The summed E-state index contributed by atoms with van der Waals surface area (Å²) in [5.41, 5.74) is -0.644. The van der Waals surface area contributed by atoms with Crippen molar-refractivity contribution in [2.24, 2.45) is 11.8 Å². The fourth-order valence-electron chi connectivity index (χ4n) is 4.45. The zero-order valence-electron chi connectivity index (χ0n) is 14.1. The molecule has 24 heavy (non-hydrogen) atoms. The van der Waals surface area contributed by atoms with Crippen molar-refractivity contribution < 1.29 is 23.8 Å². The lowest BCUT2D eigenvalue weighted by molar-refractivity contribution is -0.154. The number of hydrogen-bond acceptors (Lipinski definition) is 5. The average Bonchev–Trinajstić information content (AvgIpc) is 3.31. The van der Waals surface area contributed by atoms with Gasteiger partial charge in [-0.05, 0) is 19.3 Å². The first-order chi connectivity index (χ1) is 11.6. The Morgan fingerprint density at radius 3 is 3.12 bits per heavy atom. The van der Waals surface area contributed by atoms with Crippen LogP contribution in [0, 0.1) is 11.8 Å². The number of carbonyl (C=O) groups is 2. The van der Waals surface area contributed by atoms with Gasteiger partial charge in [0.1, 0.15) is 11.5 Å². The maximum absolute atomic E-state index is 13.0. The van der Waals surface area contributed by atoms with Crippen LogP contribution in [0.15, 0.2) is 12.2 Å². The second kappa shape index (κ2) is 6.15. The van der Waals surface area contributed by atoms with Gasteiger partial charge in [0, 0.05) is 13.2 Å². The van der Waals surface area contributed by atoms with Gasteiger partial charge in [0.25, 0.3) is 0 Å². The number of unbranched alkanes of at least 4 members (excludes halogenated alkanes) is 1. The van der Waals surface area contributed by atoms with Gasteiger partial charge in [-0.1, -0.05) is 25.5 Å². The SMILES string of the molecule is CCCCOC(=O)[C@H]1[C@@H]2C=C[C@@]3(CN(C[C@@H]4CCCO4)C(=O)[C@H]13)O2. The predicted molar refractivity (Wildman–Crippen MR) is 85.1 cm³/mol. The van der Waals surface area contributed by atoms with Gasteiger partial charge in [0.15, 0.2) is 0 Å². The largest absolute Gasteiger partial charge is 0.465 e. The highest BCUT2D eigenvalue weighted by Gasteiger charge is 2.67. The lowest BCUT2D eigenvalue weighted by Crippen LogP contribution is -2.40. The van der Waals surface area contributed by atoms with Gasteiger partial charge in [-0.2, -0.15) is 0 Å². The highest BCUT2D eigenvalue weighted by atomic mass is 16.6. The van der Waals surface area contributed by atoms with E-state index in [2.05, 4.69) is 6.92 Å². The summed E-state index contributed by atoms with van der Waals surface area (Å²) in [5, 5.41) is 0. The number of ether oxygens (including phenoxy) is 3. The first-order valence-corrected chi connectivity index (χ1v) is 9.09. The van der Waals surface area contributed by atoms with Crippen LogP contribution in [0.4, 0.5) is 0 Å². The molecule has 3 fully saturated rings. The number of likely N-dealkylation sites (tertiary alicyclic amines) is 1. The van der Waals surface area contributed by atoms with Crippen molar-refractivity contribution in [3.63, 3.8) is 0 Å². The van der Waals surface area contributed by atoms with Gasteiger partial charge in [-0.25, -0.2) is 0 Å². The summed E-state index contributed by atoms with van der Waals surface area (Å²) in [5.74, 6) is -1.23. The molecule has 3 saturated heterocycles. The Morgan fingerprint density at radius 1 is 1.50 bits per heavy atom. The Morgan fingerprint density at radius 2 is 2.38 bits per heavy atom. The summed E-state index contributed by atoms with van der Waals surface area (Å²) in [6.45, 7) is 4.34. The molecule has 0 aromatic carbocycles. The van der Waals surface area contributed by atoms with Crippen LogP contribution in [-0.4, -0.2) is 60.9 Å². The van der Waals surface area contributed by atoms with E-state index in [-0.39, 0.29) is 24.1 Å². The molecule has 0 aliphatic carbocycles. The van der Waals surface area contributed by atoms with Gasteiger partial charge in [-0.15, -0.1) is 0 Å². The molecule has 4 rings (SSSR count). The van der Waals surface area contributed by atoms with Crippen LogP contribution in [-0.2, 0) is 23.8 Å². The molecule has 1 spiro atoms. The second-order valence-corrected chi connectivity index (χ2v) is 7.27. The van der Waals surface area contributed by atoms with E-state index in [4.69, 9.17) is 14.2 Å². The standard InChI is InChI=1S/C18H25NO5/c1-2-3-8-23-17(21)14-13-6-7-18(24-13)11-19(16(20)15(14)18)10-12-5-4-9-22-12/h6-7,12-15H,2-5,8-11H2,1H3/t12-,13-,14-,15-,18-/m0/s1. The monoisotopic (exact) mass is 335 g/mol. The van der Waals surface area contributed by atoms with Crippen molar-refractivity contribution in [3.05, 3.63) is 12.2 Å². The highest BCUT2D eigenvalue weighted by molar-refractivity contribution is 5.91. The zero-order valence-corrected chi connectivity index (χ0v) is 14.1. The molecule has 5 atom stereocenters. The smallest absolute Gasteiger partial charge is 0.312 e. The van der Waals surface area contributed by atoms with E-state index in [0.29, 0.717) is 19.7 Å². The van der Waals surface area contributed by atoms with Crippen molar-refractivity contribution in [2.75, 3.05) is 26.3 Å². The first kappa shape index (κ1) is 16.1. The lowest BCUT2D eigenvalue weighted by atomic mass is 9.77. The van der Waals surface area contributed by atoms with Gasteiger partial charge in [-0.3, -0.25) is 9.59 Å². The van der Waals surface area contributed by atoms with E-state index in [0.717, 1.165) is 32.3 Å². The maximum atomic E-state index is 13.0. The number of amides is 1. The van der Waals surface area contributed by atoms with E-state index in [1.807, 2.05) is 17.1 Å². The first-order valence-electron chi connectivity index (χ1n) is 9.09. The summed E-state index contributed by atoms with van der Waals surface area (Å²) in [6.07, 6.45) is 7.54. The second-order valence-electron chi connectivity index (χ2n) is 7.27. The quantitative estimate of drug-likeness (QED) is 0.416. The molecule has 0 aromatic rings. The molecule has 2 bridgehead atoms. The van der Waals surface area contributed by atoms with Crippen LogP contribution < -0.4 is 0 Å².